The van der Waals surface area contributed by atoms with E-state index in [0.717, 1.165) is 39.1 Å². The first-order valence-electron chi connectivity index (χ1n) is 13.1. The van der Waals surface area contributed by atoms with Crippen molar-refractivity contribution < 1.29 is 0 Å². The molecule has 0 spiro atoms. The van der Waals surface area contributed by atoms with E-state index in [9.17, 15) is 5.26 Å². The van der Waals surface area contributed by atoms with Crippen LogP contribution in [0.2, 0.25) is 0 Å². The zero-order valence-electron chi connectivity index (χ0n) is 22.2. The smallest absolute Gasteiger partial charge is 0.100 e. The maximum absolute atomic E-state index is 9.97. The second-order valence-corrected chi connectivity index (χ2v) is 10.0. The number of benzene rings is 5. The van der Waals surface area contributed by atoms with Crippen LogP contribution in [-0.4, -0.2) is 4.57 Å². The molecule has 0 aliphatic rings. The topological polar surface area (TPSA) is 28.7 Å². The largest absolute Gasteiger partial charge is 0.309 e. The third-order valence-electron chi connectivity index (χ3n) is 7.52. The number of rotatable bonds is 5. The molecule has 186 valence electrons. The minimum atomic E-state index is 0.617. The molecular weight excluding hydrogens is 472 g/mol. The van der Waals surface area contributed by atoms with Crippen LogP contribution in [0, 0.1) is 25.2 Å². The number of hydrogen-bond donors (Lipinski definition) is 0. The predicted molar refractivity (Wildman–Crippen MR) is 166 cm³/mol. The molecule has 6 rings (SSSR count). The quantitative estimate of drug-likeness (QED) is 0.231. The third kappa shape index (κ3) is 4.06. The maximum Gasteiger partial charge on any atom is 0.100 e. The first-order valence-corrected chi connectivity index (χ1v) is 13.1. The van der Waals surface area contributed by atoms with Crippen molar-refractivity contribution in [1.82, 2.24) is 4.57 Å². The molecule has 6 aromatic rings. The van der Waals surface area contributed by atoms with E-state index in [1.807, 2.05) is 18.2 Å². The second kappa shape index (κ2) is 9.63. The van der Waals surface area contributed by atoms with Gasteiger partial charge in [0.05, 0.1) is 16.6 Å². The van der Waals surface area contributed by atoms with E-state index in [2.05, 4.69) is 117 Å². The van der Waals surface area contributed by atoms with Crippen molar-refractivity contribution in [3.8, 4) is 34.0 Å². The molecule has 1 aromatic heterocycles. The van der Waals surface area contributed by atoms with Gasteiger partial charge in [-0.15, -0.1) is 0 Å². The van der Waals surface area contributed by atoms with Gasteiger partial charge < -0.3 is 4.57 Å². The van der Waals surface area contributed by atoms with Gasteiger partial charge in [-0.1, -0.05) is 91.0 Å². The van der Waals surface area contributed by atoms with E-state index in [4.69, 9.17) is 0 Å². The van der Waals surface area contributed by atoms with E-state index in [-0.39, 0.29) is 0 Å². The molecule has 0 bridgehead atoms. The molecule has 5 aromatic carbocycles. The summed E-state index contributed by atoms with van der Waals surface area (Å²) in [6.45, 7) is 12.1. The average Bonchev–Trinajstić information content (AvgIpc) is 3.28. The van der Waals surface area contributed by atoms with Crippen molar-refractivity contribution in [2.24, 2.45) is 0 Å². The molecule has 0 fully saturated rings. The zero-order chi connectivity index (χ0) is 27.1. The summed E-state index contributed by atoms with van der Waals surface area (Å²) in [6.07, 6.45) is 3.50. The van der Waals surface area contributed by atoms with Gasteiger partial charge in [-0.3, -0.25) is 0 Å². The molecule has 0 aliphatic carbocycles. The molecule has 0 unspecified atom stereocenters. The number of nitriles is 1. The Morgan fingerprint density at radius 1 is 0.667 bits per heavy atom. The third-order valence-corrected chi connectivity index (χ3v) is 7.52. The van der Waals surface area contributed by atoms with Gasteiger partial charge in [0, 0.05) is 22.0 Å². The Kier molecular flexibility index (Phi) is 5.98. The second-order valence-electron chi connectivity index (χ2n) is 10.0. The lowest BCUT2D eigenvalue weighted by Gasteiger charge is -2.12. The van der Waals surface area contributed by atoms with Crippen LogP contribution in [-0.2, 0) is 0 Å². The lowest BCUT2D eigenvalue weighted by atomic mass is 9.91. The van der Waals surface area contributed by atoms with Crippen molar-refractivity contribution >= 4 is 34.0 Å². The molecule has 2 nitrogen and oxygen atoms in total. The molecule has 2 heteroatoms. The van der Waals surface area contributed by atoms with Gasteiger partial charge in [-0.25, -0.2) is 0 Å². The van der Waals surface area contributed by atoms with Crippen molar-refractivity contribution in [2.75, 3.05) is 0 Å². The molecule has 0 radical (unpaired) electrons. The van der Waals surface area contributed by atoms with Gasteiger partial charge in [-0.2, -0.15) is 5.26 Å². The minimum absolute atomic E-state index is 0.617. The number of fused-ring (bicyclic) bond motifs is 3. The fraction of sp³-hybridized carbons (Fsp3) is 0.0541. The number of aryl methyl sites for hydroxylation is 2. The van der Waals surface area contributed by atoms with E-state index in [1.165, 1.54) is 32.9 Å². The molecule has 0 saturated carbocycles. The lowest BCUT2D eigenvalue weighted by Crippen LogP contribution is -1.94. The van der Waals surface area contributed by atoms with Crippen LogP contribution in [0.25, 0.3) is 61.9 Å². The highest BCUT2D eigenvalue weighted by Crippen LogP contribution is 2.35. The van der Waals surface area contributed by atoms with Crippen LogP contribution >= 0.6 is 0 Å². The van der Waals surface area contributed by atoms with Gasteiger partial charge in [0.25, 0.3) is 0 Å². The van der Waals surface area contributed by atoms with Gasteiger partial charge in [0.2, 0.25) is 0 Å². The Labute approximate surface area is 229 Å². The molecule has 0 saturated heterocycles. The average molecular weight is 501 g/mol. The first kappa shape index (κ1) is 24.2. The summed E-state index contributed by atoms with van der Waals surface area (Å²) in [6, 6.07) is 36.8. The van der Waals surface area contributed by atoms with Crippen LogP contribution in [0.4, 0.5) is 0 Å². The highest BCUT2D eigenvalue weighted by atomic mass is 15.0. The fourth-order valence-corrected chi connectivity index (χ4v) is 5.59. The molecule has 0 amide bonds. The Balaban J connectivity index is 1.44. The molecular formula is C37H28N2. The SMILES string of the molecule is C=Cc1ccc(-c2cccc(-c3ccc(-n4c5ccc(C)cc5c5cc(C)ccc54)cc3)c2)c(C#N)c1C=C. The Bertz CT molecular complexity index is 1900. The summed E-state index contributed by atoms with van der Waals surface area (Å²) in [5, 5.41) is 12.5. The normalized spacial score (nSPS) is 11.0. The predicted octanol–water partition coefficient (Wildman–Crippen LogP) is 9.89. The van der Waals surface area contributed by atoms with Gasteiger partial charge in [0.1, 0.15) is 6.07 Å². The summed E-state index contributed by atoms with van der Waals surface area (Å²) < 4.78 is 2.35. The van der Waals surface area contributed by atoms with E-state index in [1.54, 1.807) is 12.2 Å². The van der Waals surface area contributed by atoms with E-state index in [0.29, 0.717) is 5.56 Å². The van der Waals surface area contributed by atoms with Crippen LogP contribution in [0.1, 0.15) is 27.8 Å². The Hall–Kier alpha value is -5.13. The van der Waals surface area contributed by atoms with Crippen molar-refractivity contribution in [3.05, 3.63) is 138 Å². The maximum atomic E-state index is 9.97. The molecule has 0 atom stereocenters. The summed E-state index contributed by atoms with van der Waals surface area (Å²) in [5.74, 6) is 0. The standard InChI is InChI=1S/C37H28N2/c1-5-26-14-17-32(35(23-38)31(26)6-2)29-9-7-8-28(22-29)27-12-15-30(16-13-27)39-36-18-10-24(3)20-33(36)34-21-25(4)11-19-37(34)39/h5-22H,1-2H2,3-4H3. The number of aromatic nitrogens is 1. The number of nitrogens with zero attached hydrogens (tertiary/aromatic N) is 2. The Morgan fingerprint density at radius 2 is 1.31 bits per heavy atom. The summed E-state index contributed by atoms with van der Waals surface area (Å²) >= 11 is 0. The van der Waals surface area contributed by atoms with Gasteiger partial charge in [-0.05, 0) is 84.1 Å². The van der Waals surface area contributed by atoms with Crippen molar-refractivity contribution in [3.63, 3.8) is 0 Å². The van der Waals surface area contributed by atoms with Gasteiger partial charge >= 0.3 is 0 Å². The molecule has 1 heterocycles. The molecule has 0 aliphatic heterocycles. The Morgan fingerprint density at radius 3 is 1.90 bits per heavy atom. The molecule has 0 N–H and O–H groups in total. The van der Waals surface area contributed by atoms with Crippen LogP contribution in [0.3, 0.4) is 0 Å². The lowest BCUT2D eigenvalue weighted by molar-refractivity contribution is 1.18. The first-order chi connectivity index (χ1) is 19.0. The van der Waals surface area contributed by atoms with Crippen molar-refractivity contribution in [2.45, 2.75) is 13.8 Å². The van der Waals surface area contributed by atoms with Gasteiger partial charge in [0.15, 0.2) is 0 Å². The highest BCUT2D eigenvalue weighted by molar-refractivity contribution is 6.09. The minimum Gasteiger partial charge on any atom is -0.309 e. The summed E-state index contributed by atoms with van der Waals surface area (Å²) in [7, 11) is 0. The van der Waals surface area contributed by atoms with E-state index >= 15 is 0 Å². The van der Waals surface area contributed by atoms with Crippen molar-refractivity contribution in [1.29, 1.82) is 5.26 Å². The van der Waals surface area contributed by atoms with Crippen LogP contribution in [0.15, 0.2) is 110 Å². The fourth-order valence-electron chi connectivity index (χ4n) is 5.59. The summed E-state index contributed by atoms with van der Waals surface area (Å²) in [5.41, 5.74) is 12.5. The zero-order valence-corrected chi connectivity index (χ0v) is 22.2. The van der Waals surface area contributed by atoms with Crippen LogP contribution < -0.4 is 0 Å². The molecule has 39 heavy (non-hydrogen) atoms. The van der Waals surface area contributed by atoms with E-state index < -0.39 is 0 Å². The van der Waals surface area contributed by atoms with Crippen LogP contribution in [0.5, 0.6) is 0 Å². The number of hydrogen-bond acceptors (Lipinski definition) is 1. The summed E-state index contributed by atoms with van der Waals surface area (Å²) in [4.78, 5) is 0. The monoisotopic (exact) mass is 500 g/mol. The highest BCUT2D eigenvalue weighted by Gasteiger charge is 2.14.